The van der Waals surface area contributed by atoms with E-state index in [0.717, 1.165) is 25.7 Å². The van der Waals surface area contributed by atoms with Crippen LogP contribution >= 0.6 is 24.2 Å². The Bertz CT molecular complexity index is 453. The summed E-state index contributed by atoms with van der Waals surface area (Å²) in [6, 6.07) is 5.13. The smallest absolute Gasteiger partial charge is 0.253 e. The lowest BCUT2D eigenvalue weighted by Crippen LogP contribution is -2.38. The Morgan fingerprint density at radius 2 is 2.22 bits per heavy atom. The molecule has 3 N–H and O–H groups in total. The van der Waals surface area contributed by atoms with Gasteiger partial charge in [-0.1, -0.05) is 18.0 Å². The first kappa shape index (κ1) is 13.6. The van der Waals surface area contributed by atoms with Gasteiger partial charge in [0.2, 0.25) is 0 Å². The molecule has 1 aliphatic carbocycles. The van der Waals surface area contributed by atoms with Crippen molar-refractivity contribution in [2.75, 3.05) is 5.73 Å². The van der Waals surface area contributed by atoms with E-state index in [2.05, 4.69) is 17.9 Å². The van der Waals surface area contributed by atoms with Crippen LogP contribution in [-0.4, -0.2) is 17.2 Å². The minimum absolute atomic E-state index is 0.128. The van der Waals surface area contributed by atoms with Gasteiger partial charge in [-0.3, -0.25) is 4.79 Å². The second-order valence-corrected chi connectivity index (χ2v) is 5.89. The Labute approximate surface area is 117 Å². The number of carbonyl (C=O) groups is 1. The molecule has 2 unspecified atom stereocenters. The molecule has 18 heavy (non-hydrogen) atoms. The zero-order valence-corrected chi connectivity index (χ0v) is 11.7. The maximum atomic E-state index is 12.1. The van der Waals surface area contributed by atoms with Crippen molar-refractivity contribution < 1.29 is 4.79 Å². The van der Waals surface area contributed by atoms with Crippen molar-refractivity contribution in [1.29, 1.82) is 0 Å². The number of nitrogens with one attached hydrogen (secondary N) is 1. The van der Waals surface area contributed by atoms with Crippen LogP contribution < -0.4 is 11.1 Å². The largest absolute Gasteiger partial charge is 0.398 e. The summed E-state index contributed by atoms with van der Waals surface area (Å²) in [7, 11) is 0. The zero-order chi connectivity index (χ0) is 13.1. The molecule has 1 aromatic rings. The van der Waals surface area contributed by atoms with Gasteiger partial charge in [0.1, 0.15) is 0 Å². The number of amides is 1. The summed E-state index contributed by atoms with van der Waals surface area (Å²) in [6.07, 6.45) is 4.16. The van der Waals surface area contributed by atoms with E-state index in [9.17, 15) is 4.79 Å². The fraction of sp³-hybridized carbons (Fsp3) is 0.462. The number of nitrogen functional groups attached to an aromatic ring is 1. The van der Waals surface area contributed by atoms with Gasteiger partial charge in [0.05, 0.1) is 5.56 Å². The summed E-state index contributed by atoms with van der Waals surface area (Å²) in [4.78, 5) is 12.1. The van der Waals surface area contributed by atoms with E-state index in [1.165, 1.54) is 0 Å². The zero-order valence-electron chi connectivity index (χ0n) is 10.0. The standard InChI is InChI=1S/C13H17ClN2OS/c14-8-4-5-11(12(15)6-8)13(17)16-9-2-1-3-10(18)7-9/h4-6,9-10,18H,1-3,7,15H2,(H,16,17). The summed E-state index contributed by atoms with van der Waals surface area (Å²) < 4.78 is 0. The number of rotatable bonds is 2. The highest BCUT2D eigenvalue weighted by Gasteiger charge is 2.22. The van der Waals surface area contributed by atoms with Gasteiger partial charge < -0.3 is 11.1 Å². The van der Waals surface area contributed by atoms with Crippen molar-refractivity contribution in [2.45, 2.75) is 37.0 Å². The maximum Gasteiger partial charge on any atom is 0.253 e. The minimum atomic E-state index is -0.128. The first-order valence-corrected chi connectivity index (χ1v) is 6.99. The van der Waals surface area contributed by atoms with E-state index in [4.69, 9.17) is 17.3 Å². The van der Waals surface area contributed by atoms with Crippen molar-refractivity contribution in [3.05, 3.63) is 28.8 Å². The van der Waals surface area contributed by atoms with Gasteiger partial charge in [0.25, 0.3) is 5.91 Å². The van der Waals surface area contributed by atoms with E-state index < -0.39 is 0 Å². The van der Waals surface area contributed by atoms with Crippen LogP contribution in [0.3, 0.4) is 0 Å². The van der Waals surface area contributed by atoms with Crippen molar-refractivity contribution >= 4 is 35.8 Å². The van der Waals surface area contributed by atoms with Gasteiger partial charge in [0.15, 0.2) is 0 Å². The Morgan fingerprint density at radius 1 is 1.44 bits per heavy atom. The molecular formula is C13H17ClN2OS. The van der Waals surface area contributed by atoms with Crippen LogP contribution in [0.2, 0.25) is 5.02 Å². The molecule has 0 radical (unpaired) electrons. The number of thiol groups is 1. The molecule has 0 aliphatic heterocycles. The molecule has 0 spiro atoms. The van der Waals surface area contributed by atoms with Gasteiger partial charge >= 0.3 is 0 Å². The number of hydrogen-bond donors (Lipinski definition) is 3. The monoisotopic (exact) mass is 284 g/mol. The Morgan fingerprint density at radius 3 is 2.89 bits per heavy atom. The lowest BCUT2D eigenvalue weighted by Gasteiger charge is -2.27. The molecule has 98 valence electrons. The van der Waals surface area contributed by atoms with Gasteiger partial charge in [0, 0.05) is 22.0 Å². The van der Waals surface area contributed by atoms with Crippen molar-refractivity contribution in [1.82, 2.24) is 5.32 Å². The van der Waals surface area contributed by atoms with Gasteiger partial charge in [-0.25, -0.2) is 0 Å². The Balaban J connectivity index is 2.03. The third kappa shape index (κ3) is 3.33. The van der Waals surface area contributed by atoms with Crippen LogP contribution in [-0.2, 0) is 0 Å². The summed E-state index contributed by atoms with van der Waals surface area (Å²) in [5.74, 6) is -0.128. The maximum absolute atomic E-state index is 12.1. The number of halogens is 1. The van der Waals surface area contributed by atoms with Gasteiger partial charge in [-0.15, -0.1) is 0 Å². The van der Waals surface area contributed by atoms with Crippen LogP contribution in [0.4, 0.5) is 5.69 Å². The average Bonchev–Trinajstić information content (AvgIpc) is 2.28. The molecule has 1 fully saturated rings. The third-order valence-corrected chi connectivity index (χ3v) is 3.94. The second kappa shape index (κ2) is 5.85. The Kier molecular flexibility index (Phi) is 4.40. The fourth-order valence-electron chi connectivity index (χ4n) is 2.30. The van der Waals surface area contributed by atoms with Gasteiger partial charge in [-0.05, 0) is 37.5 Å². The molecular weight excluding hydrogens is 268 g/mol. The van der Waals surface area contributed by atoms with Gasteiger partial charge in [-0.2, -0.15) is 12.6 Å². The van der Waals surface area contributed by atoms with Crippen molar-refractivity contribution in [3.8, 4) is 0 Å². The van der Waals surface area contributed by atoms with E-state index in [0.29, 0.717) is 21.5 Å². The van der Waals surface area contributed by atoms with Crippen LogP contribution in [0.25, 0.3) is 0 Å². The van der Waals surface area contributed by atoms with Crippen LogP contribution in [0.1, 0.15) is 36.0 Å². The molecule has 0 saturated heterocycles. The fourth-order valence-corrected chi connectivity index (χ4v) is 2.92. The van der Waals surface area contributed by atoms with Crippen LogP contribution in [0.5, 0.6) is 0 Å². The topological polar surface area (TPSA) is 55.1 Å². The van der Waals surface area contributed by atoms with Crippen molar-refractivity contribution in [2.24, 2.45) is 0 Å². The summed E-state index contributed by atoms with van der Waals surface area (Å²) >= 11 is 10.3. The second-order valence-electron chi connectivity index (χ2n) is 4.72. The predicted molar refractivity (Wildman–Crippen MR) is 78.4 cm³/mol. The molecule has 1 aromatic carbocycles. The molecule has 0 aromatic heterocycles. The average molecular weight is 285 g/mol. The van der Waals surface area contributed by atoms with E-state index in [1.54, 1.807) is 18.2 Å². The quantitative estimate of drug-likeness (QED) is 0.578. The first-order valence-electron chi connectivity index (χ1n) is 6.10. The van der Waals surface area contributed by atoms with Crippen LogP contribution in [0.15, 0.2) is 18.2 Å². The highest BCUT2D eigenvalue weighted by atomic mass is 35.5. The molecule has 3 nitrogen and oxygen atoms in total. The lowest BCUT2D eigenvalue weighted by atomic mass is 9.94. The molecule has 0 bridgehead atoms. The molecule has 0 heterocycles. The Hall–Kier alpha value is -0.870. The lowest BCUT2D eigenvalue weighted by molar-refractivity contribution is 0.0929. The summed E-state index contributed by atoms with van der Waals surface area (Å²) in [5, 5.41) is 3.94. The van der Waals surface area contributed by atoms with Crippen molar-refractivity contribution in [3.63, 3.8) is 0 Å². The molecule has 1 saturated carbocycles. The molecule has 2 rings (SSSR count). The van der Waals surface area contributed by atoms with Crippen LogP contribution in [0, 0.1) is 0 Å². The minimum Gasteiger partial charge on any atom is -0.398 e. The highest BCUT2D eigenvalue weighted by molar-refractivity contribution is 7.80. The molecule has 1 amide bonds. The number of carbonyl (C=O) groups excluding carboxylic acids is 1. The number of nitrogens with two attached hydrogens (primary N) is 1. The highest BCUT2D eigenvalue weighted by Crippen LogP contribution is 2.23. The van der Waals surface area contributed by atoms with E-state index in [-0.39, 0.29) is 11.9 Å². The molecule has 5 heteroatoms. The number of benzene rings is 1. The van der Waals surface area contributed by atoms with E-state index >= 15 is 0 Å². The predicted octanol–water partition coefficient (Wildman–Crippen LogP) is 2.89. The third-order valence-electron chi connectivity index (χ3n) is 3.24. The molecule has 2 atom stereocenters. The first-order chi connectivity index (χ1) is 8.56. The summed E-state index contributed by atoms with van der Waals surface area (Å²) in [5.41, 5.74) is 6.70. The van der Waals surface area contributed by atoms with E-state index in [1.807, 2.05) is 0 Å². The normalized spacial score (nSPS) is 23.7. The SMILES string of the molecule is Nc1cc(Cl)ccc1C(=O)NC1CCCC(S)C1. The number of hydrogen-bond acceptors (Lipinski definition) is 3. The number of anilines is 1. The summed E-state index contributed by atoms with van der Waals surface area (Å²) in [6.45, 7) is 0. The molecule has 1 aliphatic rings.